The highest BCUT2D eigenvalue weighted by Gasteiger charge is 2.34. The number of halogens is 2. The van der Waals surface area contributed by atoms with Crippen LogP contribution in [0.1, 0.15) is 27.9 Å². The van der Waals surface area contributed by atoms with Crippen LogP contribution in [0.2, 0.25) is 5.02 Å². The lowest BCUT2D eigenvalue weighted by molar-refractivity contribution is -0.117. The van der Waals surface area contributed by atoms with E-state index in [9.17, 15) is 18.8 Å². The zero-order valence-electron chi connectivity index (χ0n) is 10.8. The molecule has 4 N–H and O–H groups in total. The Morgan fingerprint density at radius 2 is 2.10 bits per heavy atom. The minimum atomic E-state index is -1.08. The second-order valence-electron chi connectivity index (χ2n) is 4.66. The van der Waals surface area contributed by atoms with E-state index < -0.39 is 29.7 Å². The van der Waals surface area contributed by atoms with E-state index in [1.54, 1.807) is 0 Å². The van der Waals surface area contributed by atoms with Gasteiger partial charge in [0.1, 0.15) is 5.82 Å². The molecule has 0 bridgehead atoms. The number of benzene rings is 1. The van der Waals surface area contributed by atoms with Gasteiger partial charge in [0.2, 0.25) is 11.7 Å². The number of fused-ring (bicyclic) bond motifs is 1. The Kier molecular flexibility index (Phi) is 4.13. The first-order valence-corrected chi connectivity index (χ1v) is 6.47. The largest absolute Gasteiger partial charge is 0.438 e. The molecule has 0 radical (unpaired) electrons. The SMILES string of the molecule is NC(=O)Cc1cc(F)c(Cl)c2c1C(=O)C(OC(N)=O)CC2. The summed E-state index contributed by atoms with van der Waals surface area (Å²) in [7, 11) is 0. The number of hydrogen-bond acceptors (Lipinski definition) is 4. The summed E-state index contributed by atoms with van der Waals surface area (Å²) in [5, 5.41) is -0.177. The number of rotatable bonds is 3. The number of carbonyl (C=O) groups excluding carboxylic acids is 3. The Labute approximate surface area is 124 Å². The van der Waals surface area contributed by atoms with E-state index in [4.69, 9.17) is 27.8 Å². The Hall–Kier alpha value is -2.15. The summed E-state index contributed by atoms with van der Waals surface area (Å²) < 4.78 is 18.5. The average molecular weight is 315 g/mol. The van der Waals surface area contributed by atoms with Crippen molar-refractivity contribution >= 4 is 29.4 Å². The molecule has 0 saturated carbocycles. The molecular weight excluding hydrogens is 303 g/mol. The zero-order valence-corrected chi connectivity index (χ0v) is 11.6. The highest BCUT2D eigenvalue weighted by atomic mass is 35.5. The quantitative estimate of drug-likeness (QED) is 0.869. The van der Waals surface area contributed by atoms with Crippen molar-refractivity contribution in [3.63, 3.8) is 0 Å². The van der Waals surface area contributed by atoms with Crippen molar-refractivity contribution in [2.45, 2.75) is 25.4 Å². The van der Waals surface area contributed by atoms with Gasteiger partial charge in [0, 0.05) is 5.56 Å². The van der Waals surface area contributed by atoms with Gasteiger partial charge >= 0.3 is 6.09 Å². The predicted molar refractivity (Wildman–Crippen MR) is 71.4 cm³/mol. The second kappa shape index (κ2) is 5.69. The molecule has 1 aromatic rings. The lowest BCUT2D eigenvalue weighted by Gasteiger charge is -2.25. The molecule has 6 nitrogen and oxygen atoms in total. The van der Waals surface area contributed by atoms with Gasteiger partial charge in [-0.2, -0.15) is 0 Å². The van der Waals surface area contributed by atoms with Gasteiger partial charge in [-0.3, -0.25) is 9.59 Å². The summed E-state index contributed by atoms with van der Waals surface area (Å²) in [4.78, 5) is 34.2. The van der Waals surface area contributed by atoms with Crippen LogP contribution >= 0.6 is 11.6 Å². The van der Waals surface area contributed by atoms with Gasteiger partial charge in [-0.25, -0.2) is 9.18 Å². The van der Waals surface area contributed by atoms with Gasteiger partial charge < -0.3 is 16.2 Å². The summed E-state index contributed by atoms with van der Waals surface area (Å²) >= 11 is 5.86. The summed E-state index contributed by atoms with van der Waals surface area (Å²) in [6.07, 6.45) is -2.09. The Morgan fingerprint density at radius 1 is 1.43 bits per heavy atom. The van der Waals surface area contributed by atoms with E-state index in [2.05, 4.69) is 0 Å². The van der Waals surface area contributed by atoms with Gasteiger partial charge in [-0.1, -0.05) is 11.6 Å². The zero-order chi connectivity index (χ0) is 15.7. The van der Waals surface area contributed by atoms with E-state index >= 15 is 0 Å². The first kappa shape index (κ1) is 15.2. The maximum Gasteiger partial charge on any atom is 0.405 e. The van der Waals surface area contributed by atoms with Crippen LogP contribution in [0.25, 0.3) is 0 Å². The second-order valence-corrected chi connectivity index (χ2v) is 5.03. The van der Waals surface area contributed by atoms with Gasteiger partial charge in [-0.15, -0.1) is 0 Å². The molecule has 0 aromatic heterocycles. The lowest BCUT2D eigenvalue weighted by Crippen LogP contribution is -2.35. The van der Waals surface area contributed by atoms with Crippen LogP contribution in [0.5, 0.6) is 0 Å². The molecule has 1 unspecified atom stereocenters. The molecule has 0 fully saturated rings. The topological polar surface area (TPSA) is 112 Å². The molecule has 21 heavy (non-hydrogen) atoms. The maximum atomic E-state index is 13.8. The van der Waals surface area contributed by atoms with Crippen molar-refractivity contribution in [2.24, 2.45) is 11.5 Å². The number of hydrogen-bond donors (Lipinski definition) is 2. The normalized spacial score (nSPS) is 17.2. The molecule has 0 spiro atoms. The fraction of sp³-hybridized carbons (Fsp3) is 0.308. The third kappa shape index (κ3) is 2.97. The molecule has 0 aliphatic heterocycles. The highest BCUT2D eigenvalue weighted by molar-refractivity contribution is 6.32. The number of ketones is 1. The van der Waals surface area contributed by atoms with E-state index in [-0.39, 0.29) is 35.4 Å². The Morgan fingerprint density at radius 3 is 2.67 bits per heavy atom. The molecule has 0 heterocycles. The molecule has 0 saturated heterocycles. The first-order chi connectivity index (χ1) is 9.81. The molecular formula is C13H12ClFN2O4. The van der Waals surface area contributed by atoms with Crippen molar-refractivity contribution in [2.75, 3.05) is 0 Å². The molecule has 112 valence electrons. The van der Waals surface area contributed by atoms with E-state index in [0.29, 0.717) is 5.56 Å². The number of primary amides is 2. The van der Waals surface area contributed by atoms with Gasteiger partial charge in [0.15, 0.2) is 6.10 Å². The van der Waals surface area contributed by atoms with Crippen LogP contribution in [0.4, 0.5) is 9.18 Å². The first-order valence-electron chi connectivity index (χ1n) is 6.09. The standard InChI is InChI=1S/C13H12ClFN2O4/c14-11-6-1-2-8(21-13(17)20)12(19)10(6)5(3-7(11)15)4-9(16)18/h3,8H,1-2,4H2,(H2,16,18)(H2,17,20). The highest BCUT2D eigenvalue weighted by Crippen LogP contribution is 2.34. The van der Waals surface area contributed by atoms with Crippen LogP contribution < -0.4 is 11.5 Å². The van der Waals surface area contributed by atoms with Crippen molar-refractivity contribution in [1.29, 1.82) is 0 Å². The Bertz CT molecular complexity index is 648. The van der Waals surface area contributed by atoms with E-state index in [1.807, 2.05) is 0 Å². The van der Waals surface area contributed by atoms with E-state index in [0.717, 1.165) is 6.07 Å². The number of Topliss-reactive ketones (excluding diaryl/α,β-unsaturated/α-hetero) is 1. The fourth-order valence-corrected chi connectivity index (χ4v) is 2.67. The van der Waals surface area contributed by atoms with Crippen LogP contribution in [0.3, 0.4) is 0 Å². The molecule has 2 rings (SSSR count). The van der Waals surface area contributed by atoms with Crippen molar-refractivity contribution in [1.82, 2.24) is 0 Å². The average Bonchev–Trinajstić information content (AvgIpc) is 2.37. The minimum Gasteiger partial charge on any atom is -0.438 e. The van der Waals surface area contributed by atoms with Crippen LogP contribution in [-0.4, -0.2) is 23.9 Å². The van der Waals surface area contributed by atoms with Crippen molar-refractivity contribution in [3.8, 4) is 0 Å². The van der Waals surface area contributed by atoms with Gasteiger partial charge in [-0.05, 0) is 30.0 Å². The van der Waals surface area contributed by atoms with Gasteiger partial charge in [0.25, 0.3) is 0 Å². The molecule has 2 amide bonds. The third-order valence-corrected chi connectivity index (χ3v) is 3.63. The van der Waals surface area contributed by atoms with Crippen molar-refractivity contribution < 1.29 is 23.5 Å². The summed E-state index contributed by atoms with van der Waals surface area (Å²) in [6, 6.07) is 0.997. The van der Waals surface area contributed by atoms with Crippen LogP contribution in [-0.2, 0) is 22.4 Å². The smallest absolute Gasteiger partial charge is 0.405 e. The summed E-state index contributed by atoms with van der Waals surface area (Å²) in [5.74, 6) is -2.01. The number of ether oxygens (including phenoxy) is 1. The number of carbonyl (C=O) groups is 3. The molecule has 1 aliphatic carbocycles. The van der Waals surface area contributed by atoms with Crippen molar-refractivity contribution in [3.05, 3.63) is 33.6 Å². The van der Waals surface area contributed by atoms with Gasteiger partial charge in [0.05, 0.1) is 11.4 Å². The van der Waals surface area contributed by atoms with E-state index in [1.165, 1.54) is 0 Å². The lowest BCUT2D eigenvalue weighted by atomic mass is 9.84. The minimum absolute atomic E-state index is 0.0812. The third-order valence-electron chi connectivity index (χ3n) is 3.22. The summed E-state index contributed by atoms with van der Waals surface area (Å²) in [6.45, 7) is 0. The fourth-order valence-electron chi connectivity index (χ4n) is 2.43. The molecule has 1 aliphatic rings. The summed E-state index contributed by atoms with van der Waals surface area (Å²) in [5.41, 5.74) is 10.5. The van der Waals surface area contributed by atoms with Crippen LogP contribution in [0, 0.1) is 5.82 Å². The molecule has 1 atom stereocenters. The maximum absolute atomic E-state index is 13.8. The Balaban J connectivity index is 2.53. The monoisotopic (exact) mass is 314 g/mol. The predicted octanol–water partition coefficient (Wildman–Crippen LogP) is 1.10. The molecule has 8 heteroatoms. The number of amides is 2. The molecule has 1 aromatic carbocycles. The van der Waals surface area contributed by atoms with Crippen LogP contribution in [0.15, 0.2) is 6.07 Å². The number of nitrogens with two attached hydrogens (primary N) is 2.